The van der Waals surface area contributed by atoms with Crippen LogP contribution in [0.1, 0.15) is 91.2 Å². The molecule has 1 saturated heterocycles. The highest BCUT2D eigenvalue weighted by atomic mass is 16.6. The molecule has 232 valence electrons. The lowest BCUT2D eigenvalue weighted by atomic mass is 9.48. The van der Waals surface area contributed by atoms with Crippen LogP contribution in [0.4, 0.5) is 0 Å². The summed E-state index contributed by atoms with van der Waals surface area (Å²) in [5.41, 5.74) is -0.0817. The van der Waals surface area contributed by atoms with E-state index in [4.69, 9.17) is 18.9 Å². The molecule has 0 radical (unpaired) electrons. The maximum Gasteiger partial charge on any atom is 0.324 e. The van der Waals surface area contributed by atoms with E-state index in [1.807, 2.05) is 48.7 Å². The summed E-state index contributed by atoms with van der Waals surface area (Å²) in [6.07, 6.45) is 5.20. The van der Waals surface area contributed by atoms with Gasteiger partial charge in [0.15, 0.2) is 11.5 Å². The Morgan fingerprint density at radius 1 is 1.10 bits per heavy atom. The Bertz CT molecular complexity index is 1250. The normalized spacial score (nSPS) is 32.5. The molecule has 2 saturated carbocycles. The second kappa shape index (κ2) is 10.1. The summed E-state index contributed by atoms with van der Waals surface area (Å²) in [4.78, 5) is 29.1. The number of hydrogen-bond acceptors (Lipinski definition) is 9. The Morgan fingerprint density at radius 2 is 1.81 bits per heavy atom. The summed E-state index contributed by atoms with van der Waals surface area (Å²) >= 11 is 0. The first-order chi connectivity index (χ1) is 19.7. The summed E-state index contributed by atoms with van der Waals surface area (Å²) in [6, 6.07) is 2.82. The molecule has 0 aromatic heterocycles. The molecule has 2 unspecified atom stereocenters. The molecule has 3 fully saturated rings. The van der Waals surface area contributed by atoms with Crippen LogP contribution in [-0.4, -0.2) is 83.2 Å². The number of likely N-dealkylation sites (tertiary alicyclic amines) is 1. The third-order valence-corrected chi connectivity index (χ3v) is 9.98. The van der Waals surface area contributed by atoms with Crippen LogP contribution < -0.4 is 10.1 Å². The van der Waals surface area contributed by atoms with Gasteiger partial charge in [0.1, 0.15) is 23.3 Å². The summed E-state index contributed by atoms with van der Waals surface area (Å²) in [5, 5.41) is 14.5. The molecule has 42 heavy (non-hydrogen) atoms. The molecular weight excluding hydrogens is 536 g/mol. The zero-order chi connectivity index (χ0) is 30.2. The first kappa shape index (κ1) is 29.7. The quantitative estimate of drug-likeness (QED) is 0.439. The number of methoxy groups -OCH3 is 1. The van der Waals surface area contributed by atoms with Crippen LogP contribution in [0.15, 0.2) is 12.1 Å². The van der Waals surface area contributed by atoms with E-state index in [0.717, 1.165) is 43.8 Å². The van der Waals surface area contributed by atoms with Gasteiger partial charge in [-0.15, -0.1) is 0 Å². The SMILES string of the molecule is CO[C@@]12CCC(N[C@@H](CC(=O)OC(C)(C)C)C(=O)OC(C)(C)C)[C@@H]3Oc4c(O)ccc5c4[C@@]31CCN(CC1CC1)C2C5. The molecule has 1 spiro atoms. The van der Waals surface area contributed by atoms with E-state index in [0.29, 0.717) is 12.2 Å². The molecule has 1 aromatic rings. The largest absolute Gasteiger partial charge is 0.504 e. The van der Waals surface area contributed by atoms with Gasteiger partial charge in [0.05, 0.1) is 17.4 Å². The van der Waals surface area contributed by atoms with Crippen molar-refractivity contribution in [2.45, 2.75) is 133 Å². The maximum atomic E-state index is 13.5. The van der Waals surface area contributed by atoms with Crippen LogP contribution in [0, 0.1) is 5.92 Å². The number of nitrogens with one attached hydrogen (secondary N) is 1. The van der Waals surface area contributed by atoms with E-state index < -0.39 is 40.2 Å². The molecule has 2 heterocycles. The number of carbonyl (C=O) groups excluding carboxylic acids is 2. The van der Waals surface area contributed by atoms with E-state index in [2.05, 4.69) is 16.3 Å². The van der Waals surface area contributed by atoms with Crippen molar-refractivity contribution in [2.75, 3.05) is 20.2 Å². The third kappa shape index (κ3) is 4.89. The van der Waals surface area contributed by atoms with Gasteiger partial charge in [0.25, 0.3) is 0 Å². The van der Waals surface area contributed by atoms with Gasteiger partial charge in [-0.25, -0.2) is 0 Å². The molecule has 0 amide bonds. The lowest BCUT2D eigenvalue weighted by Crippen LogP contribution is -2.79. The lowest BCUT2D eigenvalue weighted by molar-refractivity contribution is -0.208. The van der Waals surface area contributed by atoms with E-state index in [1.165, 1.54) is 18.4 Å². The number of rotatable bonds is 8. The number of piperidine rings is 1. The number of nitrogens with zero attached hydrogens (tertiary/aromatic N) is 1. The molecule has 6 atom stereocenters. The van der Waals surface area contributed by atoms with Crippen LogP contribution in [0.5, 0.6) is 11.5 Å². The van der Waals surface area contributed by atoms with Gasteiger partial charge in [-0.05, 0) is 104 Å². The van der Waals surface area contributed by atoms with Crippen molar-refractivity contribution in [3.05, 3.63) is 23.3 Å². The topological polar surface area (TPSA) is 107 Å². The van der Waals surface area contributed by atoms with Gasteiger partial charge in [-0.2, -0.15) is 0 Å². The zero-order valence-electron chi connectivity index (χ0n) is 26.2. The van der Waals surface area contributed by atoms with Crippen molar-refractivity contribution in [2.24, 2.45) is 5.92 Å². The summed E-state index contributed by atoms with van der Waals surface area (Å²) in [7, 11) is 1.83. The number of phenolic OH excluding ortho intramolecular Hbond substituents is 1. The van der Waals surface area contributed by atoms with Crippen molar-refractivity contribution in [3.8, 4) is 11.5 Å². The number of hydrogen-bond donors (Lipinski definition) is 2. The third-order valence-electron chi connectivity index (χ3n) is 9.98. The Kier molecular flexibility index (Phi) is 7.14. The van der Waals surface area contributed by atoms with Crippen molar-refractivity contribution in [3.63, 3.8) is 0 Å². The predicted octanol–water partition coefficient (Wildman–Crippen LogP) is 4.01. The molecule has 6 rings (SSSR count). The fourth-order valence-electron chi connectivity index (χ4n) is 8.43. The molecule has 9 heteroatoms. The average molecular weight is 585 g/mol. The van der Waals surface area contributed by atoms with Gasteiger partial charge in [-0.3, -0.25) is 19.8 Å². The van der Waals surface area contributed by atoms with E-state index >= 15 is 0 Å². The summed E-state index contributed by atoms with van der Waals surface area (Å²) in [6.45, 7) is 12.9. The number of phenols is 1. The molecule has 5 aliphatic rings. The minimum Gasteiger partial charge on any atom is -0.504 e. The van der Waals surface area contributed by atoms with Gasteiger partial charge in [-0.1, -0.05) is 6.07 Å². The van der Waals surface area contributed by atoms with E-state index in [-0.39, 0.29) is 30.4 Å². The van der Waals surface area contributed by atoms with Crippen LogP contribution in [0.25, 0.3) is 0 Å². The number of carbonyl (C=O) groups is 2. The molecule has 2 bridgehead atoms. The molecule has 3 aliphatic carbocycles. The highest BCUT2D eigenvalue weighted by Gasteiger charge is 2.74. The first-order valence-corrected chi connectivity index (χ1v) is 15.7. The Hall–Kier alpha value is -2.36. The fourth-order valence-corrected chi connectivity index (χ4v) is 8.43. The van der Waals surface area contributed by atoms with E-state index in [9.17, 15) is 14.7 Å². The molecule has 2 N–H and O–H groups in total. The standard InChI is InChI=1S/C33H48N2O7/c1-30(2,3)41-25(37)17-22(29(38)42-31(4,5)6)34-21-12-13-33(39-7)24-16-20-10-11-23(36)27-26(20)32(33,28(21)40-27)14-15-35(24)18-19-8-9-19/h10-11,19,21-22,24,28,34,36H,8-9,12-18H2,1-7H3/t21?,22-,24?,28-,32-,33+/m0/s1. The van der Waals surface area contributed by atoms with Crippen molar-refractivity contribution in [1.29, 1.82) is 0 Å². The fraction of sp³-hybridized carbons (Fsp3) is 0.758. The maximum absolute atomic E-state index is 13.5. The molecule has 9 nitrogen and oxygen atoms in total. The van der Waals surface area contributed by atoms with Crippen molar-refractivity contribution in [1.82, 2.24) is 10.2 Å². The minimum absolute atomic E-state index is 0.137. The molecule has 1 aromatic carbocycles. The highest BCUT2D eigenvalue weighted by Crippen LogP contribution is 2.66. The van der Waals surface area contributed by atoms with Crippen molar-refractivity contribution >= 4 is 11.9 Å². The van der Waals surface area contributed by atoms with Gasteiger partial charge in [0.2, 0.25) is 0 Å². The number of ether oxygens (including phenoxy) is 4. The summed E-state index contributed by atoms with van der Waals surface area (Å²) in [5.74, 6) is 0.489. The lowest BCUT2D eigenvalue weighted by Gasteiger charge is -2.65. The first-order valence-electron chi connectivity index (χ1n) is 15.7. The van der Waals surface area contributed by atoms with Crippen LogP contribution >= 0.6 is 0 Å². The van der Waals surface area contributed by atoms with E-state index in [1.54, 1.807) is 6.07 Å². The van der Waals surface area contributed by atoms with Crippen molar-refractivity contribution < 1.29 is 33.6 Å². The highest BCUT2D eigenvalue weighted by molar-refractivity contribution is 5.83. The van der Waals surface area contributed by atoms with Gasteiger partial charge in [0, 0.05) is 31.3 Å². The molecular formula is C33H48N2O7. The second-order valence-electron chi connectivity index (χ2n) is 15.1. The van der Waals surface area contributed by atoms with Crippen LogP contribution in [0.2, 0.25) is 0 Å². The Labute approximate surface area is 249 Å². The smallest absolute Gasteiger partial charge is 0.324 e. The summed E-state index contributed by atoms with van der Waals surface area (Å²) < 4.78 is 24.8. The number of aromatic hydroxyl groups is 1. The molecule has 2 aliphatic heterocycles. The Morgan fingerprint density at radius 3 is 2.45 bits per heavy atom. The second-order valence-corrected chi connectivity index (χ2v) is 15.1. The van der Waals surface area contributed by atoms with Gasteiger partial charge >= 0.3 is 11.9 Å². The average Bonchev–Trinajstić information content (AvgIpc) is 3.62. The number of esters is 2. The van der Waals surface area contributed by atoms with Crippen LogP contribution in [0.3, 0.4) is 0 Å². The Balaban J connectivity index is 1.36. The zero-order valence-corrected chi connectivity index (χ0v) is 26.2. The number of benzene rings is 1. The monoisotopic (exact) mass is 584 g/mol. The predicted molar refractivity (Wildman–Crippen MR) is 157 cm³/mol. The van der Waals surface area contributed by atoms with Crippen LogP contribution in [-0.2, 0) is 35.6 Å². The minimum atomic E-state index is -0.912. The van der Waals surface area contributed by atoms with Gasteiger partial charge < -0.3 is 24.1 Å².